The Morgan fingerprint density at radius 1 is 1.22 bits per heavy atom. The number of piperidine rings is 1. The van der Waals surface area contributed by atoms with Crippen molar-refractivity contribution in [1.82, 2.24) is 4.90 Å². The molecule has 118 valence electrons. The zero-order chi connectivity index (χ0) is 16.0. The predicted octanol–water partition coefficient (Wildman–Crippen LogP) is 3.08. The maximum atomic E-state index is 13.1. The van der Waals surface area contributed by atoms with Gasteiger partial charge < -0.3 is 10.6 Å². The zero-order valence-corrected chi connectivity index (χ0v) is 13.4. The molecule has 0 bridgehead atoms. The molecule has 1 aliphatic heterocycles. The number of benzene rings is 2. The SMILES string of the molecule is Cc1cccc(-c2ccccc2C(=O)N2C[C@H]3C[C@H]3[C@H]2CN)c1. The molecule has 0 radical (unpaired) electrons. The van der Waals surface area contributed by atoms with Crippen molar-refractivity contribution in [1.29, 1.82) is 0 Å². The van der Waals surface area contributed by atoms with E-state index in [0.29, 0.717) is 18.4 Å². The van der Waals surface area contributed by atoms with Crippen LogP contribution in [0.3, 0.4) is 0 Å². The molecule has 1 saturated carbocycles. The third kappa shape index (κ3) is 2.45. The van der Waals surface area contributed by atoms with E-state index in [1.54, 1.807) is 0 Å². The number of aryl methyl sites for hydroxylation is 1. The van der Waals surface area contributed by atoms with Crippen molar-refractivity contribution in [3.63, 3.8) is 0 Å². The molecule has 3 atom stereocenters. The van der Waals surface area contributed by atoms with Crippen LogP contribution in [0.1, 0.15) is 22.3 Å². The topological polar surface area (TPSA) is 46.3 Å². The van der Waals surface area contributed by atoms with E-state index in [1.807, 2.05) is 35.2 Å². The second-order valence-electron chi connectivity index (χ2n) is 6.84. The predicted molar refractivity (Wildman–Crippen MR) is 92.1 cm³/mol. The number of nitrogens with zero attached hydrogens (tertiary/aromatic N) is 1. The number of amides is 1. The van der Waals surface area contributed by atoms with Crippen LogP contribution in [0.5, 0.6) is 0 Å². The molecule has 1 amide bonds. The van der Waals surface area contributed by atoms with Gasteiger partial charge in [-0.25, -0.2) is 0 Å². The van der Waals surface area contributed by atoms with Crippen LogP contribution in [-0.4, -0.2) is 29.9 Å². The van der Waals surface area contributed by atoms with Gasteiger partial charge in [0.25, 0.3) is 5.91 Å². The van der Waals surface area contributed by atoms with E-state index in [2.05, 4.69) is 25.1 Å². The Morgan fingerprint density at radius 2 is 2.04 bits per heavy atom. The molecule has 2 fully saturated rings. The first-order valence-electron chi connectivity index (χ1n) is 8.36. The maximum Gasteiger partial charge on any atom is 0.254 e. The van der Waals surface area contributed by atoms with Gasteiger partial charge >= 0.3 is 0 Å². The molecule has 1 aliphatic carbocycles. The highest BCUT2D eigenvalue weighted by atomic mass is 16.2. The molecule has 3 nitrogen and oxygen atoms in total. The Bertz CT molecular complexity index is 755. The first-order chi connectivity index (χ1) is 11.2. The van der Waals surface area contributed by atoms with E-state index in [4.69, 9.17) is 5.73 Å². The molecule has 0 spiro atoms. The lowest BCUT2D eigenvalue weighted by Crippen LogP contribution is -2.42. The van der Waals surface area contributed by atoms with Gasteiger partial charge in [0.1, 0.15) is 0 Å². The van der Waals surface area contributed by atoms with Crippen molar-refractivity contribution >= 4 is 5.91 Å². The summed E-state index contributed by atoms with van der Waals surface area (Å²) in [7, 11) is 0. The highest BCUT2D eigenvalue weighted by Crippen LogP contribution is 2.49. The van der Waals surface area contributed by atoms with Crippen molar-refractivity contribution in [3.8, 4) is 11.1 Å². The third-order valence-corrected chi connectivity index (χ3v) is 5.29. The average Bonchev–Trinajstić information content (AvgIpc) is 3.25. The van der Waals surface area contributed by atoms with Crippen LogP contribution < -0.4 is 5.73 Å². The highest BCUT2D eigenvalue weighted by molar-refractivity contribution is 6.01. The van der Waals surface area contributed by atoms with Gasteiger partial charge in [0.15, 0.2) is 0 Å². The fourth-order valence-corrected chi connectivity index (χ4v) is 4.00. The van der Waals surface area contributed by atoms with Crippen molar-refractivity contribution in [3.05, 3.63) is 59.7 Å². The molecule has 1 saturated heterocycles. The van der Waals surface area contributed by atoms with Gasteiger partial charge in [-0.15, -0.1) is 0 Å². The summed E-state index contributed by atoms with van der Waals surface area (Å²) in [5.74, 6) is 1.44. The smallest absolute Gasteiger partial charge is 0.254 e. The first-order valence-corrected chi connectivity index (χ1v) is 8.36. The lowest BCUT2D eigenvalue weighted by atomic mass is 9.97. The van der Waals surface area contributed by atoms with E-state index in [-0.39, 0.29) is 11.9 Å². The van der Waals surface area contributed by atoms with Crippen molar-refractivity contribution < 1.29 is 4.79 Å². The fourth-order valence-electron chi connectivity index (χ4n) is 4.00. The van der Waals surface area contributed by atoms with Gasteiger partial charge in [-0.1, -0.05) is 48.0 Å². The summed E-state index contributed by atoms with van der Waals surface area (Å²) < 4.78 is 0. The van der Waals surface area contributed by atoms with Crippen molar-refractivity contribution in [2.24, 2.45) is 17.6 Å². The quantitative estimate of drug-likeness (QED) is 0.947. The summed E-state index contributed by atoms with van der Waals surface area (Å²) in [6.07, 6.45) is 1.24. The Balaban J connectivity index is 1.71. The number of carbonyl (C=O) groups excluding carboxylic acids is 1. The molecule has 2 aliphatic rings. The molecular formula is C20H22N2O. The van der Waals surface area contributed by atoms with Gasteiger partial charge in [0, 0.05) is 24.7 Å². The molecular weight excluding hydrogens is 284 g/mol. The summed E-state index contributed by atoms with van der Waals surface area (Å²) in [6, 6.07) is 16.5. The number of hydrogen-bond acceptors (Lipinski definition) is 2. The largest absolute Gasteiger partial charge is 0.334 e. The van der Waals surface area contributed by atoms with E-state index >= 15 is 0 Å². The highest BCUT2D eigenvalue weighted by Gasteiger charge is 2.53. The third-order valence-electron chi connectivity index (χ3n) is 5.29. The number of rotatable bonds is 3. The van der Waals surface area contributed by atoms with Crippen LogP contribution in [0.4, 0.5) is 0 Å². The van der Waals surface area contributed by atoms with Crippen LogP contribution in [0.15, 0.2) is 48.5 Å². The first kappa shape index (κ1) is 14.5. The Hall–Kier alpha value is -2.13. The van der Waals surface area contributed by atoms with E-state index in [1.165, 1.54) is 12.0 Å². The van der Waals surface area contributed by atoms with E-state index in [9.17, 15) is 4.79 Å². The lowest BCUT2D eigenvalue weighted by Gasteiger charge is -2.27. The molecule has 1 heterocycles. The molecule has 2 aromatic rings. The summed E-state index contributed by atoms with van der Waals surface area (Å²) in [5.41, 5.74) is 10.0. The summed E-state index contributed by atoms with van der Waals surface area (Å²) in [6.45, 7) is 3.51. The van der Waals surface area contributed by atoms with Crippen molar-refractivity contribution in [2.75, 3.05) is 13.1 Å². The van der Waals surface area contributed by atoms with Gasteiger partial charge in [-0.3, -0.25) is 4.79 Å². The minimum atomic E-state index is 0.129. The fraction of sp³-hybridized carbons (Fsp3) is 0.350. The second kappa shape index (κ2) is 5.50. The van der Waals surface area contributed by atoms with E-state index in [0.717, 1.165) is 23.2 Å². The second-order valence-corrected chi connectivity index (χ2v) is 6.84. The molecule has 0 unspecified atom stereocenters. The summed E-state index contributed by atoms with van der Waals surface area (Å²) in [4.78, 5) is 15.1. The molecule has 4 rings (SSSR count). The van der Waals surface area contributed by atoms with Crippen LogP contribution in [0.25, 0.3) is 11.1 Å². The monoisotopic (exact) mass is 306 g/mol. The normalized spacial score (nSPS) is 25.3. The minimum Gasteiger partial charge on any atom is -0.334 e. The van der Waals surface area contributed by atoms with Crippen LogP contribution in [0.2, 0.25) is 0 Å². The number of nitrogens with two attached hydrogens (primary N) is 1. The minimum absolute atomic E-state index is 0.129. The standard InChI is InChI=1S/C20H22N2O/c1-13-5-4-6-14(9-13)16-7-2-3-8-17(16)20(23)22-12-15-10-18(15)19(22)11-21/h2-9,15,18-19H,10-12,21H2,1H3/t15-,18-,19-/m1/s1. The molecule has 3 heteroatoms. The Kier molecular flexibility index (Phi) is 3.46. The molecule has 23 heavy (non-hydrogen) atoms. The maximum absolute atomic E-state index is 13.1. The number of likely N-dealkylation sites (tertiary alicyclic amines) is 1. The van der Waals surface area contributed by atoms with Gasteiger partial charge in [-0.05, 0) is 42.4 Å². The molecule has 2 aromatic carbocycles. The summed E-state index contributed by atoms with van der Waals surface area (Å²) in [5, 5.41) is 0. The number of hydrogen-bond donors (Lipinski definition) is 1. The average molecular weight is 306 g/mol. The van der Waals surface area contributed by atoms with Crippen LogP contribution in [0, 0.1) is 18.8 Å². The van der Waals surface area contributed by atoms with Gasteiger partial charge in [0.05, 0.1) is 0 Å². The van der Waals surface area contributed by atoms with Gasteiger partial charge in [-0.2, -0.15) is 0 Å². The zero-order valence-electron chi connectivity index (χ0n) is 13.4. The number of fused-ring (bicyclic) bond motifs is 1. The van der Waals surface area contributed by atoms with E-state index < -0.39 is 0 Å². The van der Waals surface area contributed by atoms with Gasteiger partial charge in [0.2, 0.25) is 0 Å². The van der Waals surface area contributed by atoms with Crippen LogP contribution in [-0.2, 0) is 0 Å². The Labute approximate surface area is 137 Å². The molecule has 0 aromatic heterocycles. The van der Waals surface area contributed by atoms with Crippen LogP contribution >= 0.6 is 0 Å². The Morgan fingerprint density at radius 3 is 2.83 bits per heavy atom. The number of carbonyl (C=O) groups is 1. The summed E-state index contributed by atoms with van der Waals surface area (Å²) >= 11 is 0. The lowest BCUT2D eigenvalue weighted by molar-refractivity contribution is 0.0713. The van der Waals surface area contributed by atoms with Crippen molar-refractivity contribution in [2.45, 2.75) is 19.4 Å². The molecule has 2 N–H and O–H groups in total.